The van der Waals surface area contributed by atoms with Crippen molar-refractivity contribution < 1.29 is 9.18 Å². The molecular weight excluding hydrogens is 317 g/mol. The van der Waals surface area contributed by atoms with Gasteiger partial charge in [-0.05, 0) is 47.0 Å². The van der Waals surface area contributed by atoms with Gasteiger partial charge in [0.2, 0.25) is 0 Å². The minimum atomic E-state index is -0.289. The topological polar surface area (TPSA) is 30.0 Å². The molecule has 2 nitrogen and oxygen atoms in total. The second-order valence-electron chi connectivity index (χ2n) is 4.20. The Morgan fingerprint density at radius 1 is 1.33 bits per heavy atom. The van der Waals surface area contributed by atoms with Gasteiger partial charge in [-0.25, -0.2) is 9.37 Å². The normalized spacial score (nSPS) is 14.7. The van der Waals surface area contributed by atoms with Crippen LogP contribution in [0.4, 0.5) is 4.39 Å². The summed E-state index contributed by atoms with van der Waals surface area (Å²) in [5.41, 5.74) is 1.73. The predicted molar refractivity (Wildman–Crippen MR) is 72.5 cm³/mol. The number of aromatic nitrogens is 1. The average molecular weight is 326 g/mol. The summed E-state index contributed by atoms with van der Waals surface area (Å²) in [6.45, 7) is 0. The molecule has 0 atom stereocenters. The van der Waals surface area contributed by atoms with Gasteiger partial charge in [-0.3, -0.25) is 4.79 Å². The fraction of sp³-hybridized carbons (Fsp3) is 0.231. The summed E-state index contributed by atoms with van der Waals surface area (Å²) in [7, 11) is 0. The van der Waals surface area contributed by atoms with Gasteiger partial charge in [0, 0.05) is 16.5 Å². The van der Waals surface area contributed by atoms with Crippen LogP contribution >= 0.6 is 27.3 Å². The first-order chi connectivity index (χ1) is 8.65. The lowest BCUT2D eigenvalue weighted by Crippen LogP contribution is -2.07. The zero-order valence-electron chi connectivity index (χ0n) is 9.37. The van der Waals surface area contributed by atoms with Gasteiger partial charge in [0.25, 0.3) is 0 Å². The van der Waals surface area contributed by atoms with Crippen molar-refractivity contribution in [3.63, 3.8) is 0 Å². The third kappa shape index (κ3) is 2.01. The van der Waals surface area contributed by atoms with Gasteiger partial charge in [0.15, 0.2) is 5.78 Å². The first-order valence-corrected chi connectivity index (χ1v) is 7.24. The van der Waals surface area contributed by atoms with Crippen molar-refractivity contribution in [1.82, 2.24) is 4.98 Å². The largest absolute Gasteiger partial charge is 0.293 e. The quantitative estimate of drug-likeness (QED) is 0.785. The molecule has 0 spiro atoms. The van der Waals surface area contributed by atoms with Crippen molar-refractivity contribution in [2.24, 2.45) is 0 Å². The second-order valence-corrected chi connectivity index (χ2v) is 6.05. The third-order valence-electron chi connectivity index (χ3n) is 2.93. The van der Waals surface area contributed by atoms with Crippen molar-refractivity contribution in [1.29, 1.82) is 0 Å². The van der Waals surface area contributed by atoms with E-state index in [1.165, 1.54) is 23.5 Å². The number of nitrogens with zero attached hydrogens (tertiary/aromatic N) is 1. The van der Waals surface area contributed by atoms with Gasteiger partial charge in [0.05, 0.1) is 10.6 Å². The van der Waals surface area contributed by atoms with E-state index in [9.17, 15) is 9.18 Å². The molecule has 0 aliphatic heterocycles. The number of carbonyl (C=O) groups excluding carboxylic acids is 1. The van der Waals surface area contributed by atoms with Crippen molar-refractivity contribution >= 4 is 33.0 Å². The molecule has 0 bridgehead atoms. The highest BCUT2D eigenvalue weighted by molar-refractivity contribution is 9.10. The molecule has 0 saturated heterocycles. The lowest BCUT2D eigenvalue weighted by Gasteiger charge is -2.06. The Morgan fingerprint density at radius 3 is 2.89 bits per heavy atom. The molecule has 0 fully saturated rings. The molecule has 18 heavy (non-hydrogen) atoms. The minimum absolute atomic E-state index is 0.179. The van der Waals surface area contributed by atoms with Crippen molar-refractivity contribution in [3.8, 4) is 10.6 Å². The fourth-order valence-corrected chi connectivity index (χ4v) is 3.84. The Labute approximate surface area is 116 Å². The molecule has 0 N–H and O–H groups in total. The number of fused-ring (bicyclic) bond motifs is 1. The van der Waals surface area contributed by atoms with Gasteiger partial charge in [-0.15, -0.1) is 11.3 Å². The minimum Gasteiger partial charge on any atom is -0.293 e. The van der Waals surface area contributed by atoms with E-state index >= 15 is 0 Å². The predicted octanol–water partition coefficient (Wildman–Crippen LogP) is 4.23. The summed E-state index contributed by atoms with van der Waals surface area (Å²) in [6.07, 6.45) is 2.34. The maximum Gasteiger partial charge on any atom is 0.174 e. The van der Waals surface area contributed by atoms with Gasteiger partial charge in [-0.2, -0.15) is 0 Å². The molecule has 92 valence electrons. The molecule has 0 saturated carbocycles. The SMILES string of the molecule is O=C1CCCc2nc(-c3ccc(F)cc3Br)sc21. The van der Waals surface area contributed by atoms with E-state index < -0.39 is 0 Å². The van der Waals surface area contributed by atoms with E-state index in [2.05, 4.69) is 20.9 Å². The molecule has 3 rings (SSSR count). The number of hydrogen-bond donors (Lipinski definition) is 0. The number of Topliss-reactive ketones (excluding diaryl/α,β-unsaturated/α-hetero) is 1. The number of rotatable bonds is 1. The summed E-state index contributed by atoms with van der Waals surface area (Å²) >= 11 is 4.74. The summed E-state index contributed by atoms with van der Waals surface area (Å²) in [6, 6.07) is 4.51. The van der Waals surface area contributed by atoms with Crippen LogP contribution in [0.25, 0.3) is 10.6 Å². The molecule has 2 aromatic rings. The summed E-state index contributed by atoms with van der Waals surface area (Å²) in [4.78, 5) is 17.0. The van der Waals surface area contributed by atoms with Crippen LogP contribution in [0.2, 0.25) is 0 Å². The average Bonchev–Trinajstić information content (AvgIpc) is 2.74. The first-order valence-electron chi connectivity index (χ1n) is 5.63. The lowest BCUT2D eigenvalue weighted by atomic mass is 10.0. The van der Waals surface area contributed by atoms with E-state index in [1.54, 1.807) is 6.07 Å². The van der Waals surface area contributed by atoms with Gasteiger partial charge in [-0.1, -0.05) is 0 Å². The summed E-state index contributed by atoms with van der Waals surface area (Å²) < 4.78 is 13.7. The van der Waals surface area contributed by atoms with E-state index in [4.69, 9.17) is 0 Å². The highest BCUT2D eigenvalue weighted by Crippen LogP contribution is 2.36. The van der Waals surface area contributed by atoms with Crippen LogP contribution in [0, 0.1) is 5.82 Å². The van der Waals surface area contributed by atoms with Gasteiger partial charge < -0.3 is 0 Å². The Bertz CT molecular complexity index is 638. The molecular formula is C13H9BrFNOS. The Hall–Kier alpha value is -1.07. The van der Waals surface area contributed by atoms with E-state index in [-0.39, 0.29) is 11.6 Å². The van der Waals surface area contributed by atoms with E-state index in [1.807, 2.05) is 0 Å². The number of aryl methyl sites for hydroxylation is 1. The Morgan fingerprint density at radius 2 is 2.17 bits per heavy atom. The summed E-state index contributed by atoms with van der Waals surface area (Å²) in [5.74, 6) is -0.110. The molecule has 1 aliphatic carbocycles. The molecule has 1 heterocycles. The van der Waals surface area contributed by atoms with Gasteiger partial charge >= 0.3 is 0 Å². The van der Waals surface area contributed by atoms with Gasteiger partial charge in [0.1, 0.15) is 10.8 Å². The van der Waals surface area contributed by atoms with Crippen molar-refractivity contribution in [2.45, 2.75) is 19.3 Å². The standard InChI is InChI=1S/C13H9BrFNOS/c14-9-6-7(15)4-5-8(9)13-16-10-2-1-3-11(17)12(10)18-13/h4-6H,1-3H2. The number of carbonyl (C=O) groups is 1. The van der Waals surface area contributed by atoms with E-state index in [0.717, 1.165) is 34.0 Å². The summed E-state index contributed by atoms with van der Waals surface area (Å²) in [5, 5.41) is 0.780. The van der Waals surface area contributed by atoms with Crippen LogP contribution in [-0.2, 0) is 6.42 Å². The number of thiazole rings is 1. The van der Waals surface area contributed by atoms with Crippen LogP contribution in [0.15, 0.2) is 22.7 Å². The van der Waals surface area contributed by atoms with E-state index in [0.29, 0.717) is 10.9 Å². The van der Waals surface area contributed by atoms with Crippen LogP contribution in [0.1, 0.15) is 28.2 Å². The number of ketones is 1. The van der Waals surface area contributed by atoms with Crippen molar-refractivity contribution in [3.05, 3.63) is 39.1 Å². The molecule has 0 radical (unpaired) electrons. The highest BCUT2D eigenvalue weighted by atomic mass is 79.9. The molecule has 0 unspecified atom stereocenters. The van der Waals surface area contributed by atoms with Crippen LogP contribution in [0.3, 0.4) is 0 Å². The molecule has 1 aliphatic rings. The molecule has 1 aromatic carbocycles. The number of hydrogen-bond acceptors (Lipinski definition) is 3. The molecule has 1 aromatic heterocycles. The Kier molecular flexibility index (Phi) is 3.03. The van der Waals surface area contributed by atoms with Crippen LogP contribution in [0.5, 0.6) is 0 Å². The monoisotopic (exact) mass is 325 g/mol. The lowest BCUT2D eigenvalue weighted by molar-refractivity contribution is 0.0976. The molecule has 0 amide bonds. The highest BCUT2D eigenvalue weighted by Gasteiger charge is 2.23. The fourth-order valence-electron chi connectivity index (χ4n) is 2.05. The number of halogens is 2. The molecule has 5 heteroatoms. The van der Waals surface area contributed by atoms with Crippen LogP contribution in [-0.4, -0.2) is 10.8 Å². The first kappa shape index (κ1) is 12.0. The maximum absolute atomic E-state index is 13.1. The second kappa shape index (κ2) is 4.55. The third-order valence-corrected chi connectivity index (χ3v) is 4.76. The zero-order chi connectivity index (χ0) is 12.7. The maximum atomic E-state index is 13.1. The smallest absolute Gasteiger partial charge is 0.174 e. The Balaban J connectivity index is 2.10. The van der Waals surface area contributed by atoms with Crippen molar-refractivity contribution in [2.75, 3.05) is 0 Å². The zero-order valence-corrected chi connectivity index (χ0v) is 11.8. The number of benzene rings is 1. The van der Waals surface area contributed by atoms with Crippen LogP contribution < -0.4 is 0 Å².